The molecule has 0 aromatic carbocycles. The van der Waals surface area contributed by atoms with E-state index in [0.29, 0.717) is 5.78 Å². The van der Waals surface area contributed by atoms with Crippen molar-refractivity contribution in [3.05, 3.63) is 11.6 Å². The first-order valence-corrected chi connectivity index (χ1v) is 6.21. The fourth-order valence-electron chi connectivity index (χ4n) is 2.66. The maximum Gasteiger partial charge on any atom is 0.178 e. The van der Waals surface area contributed by atoms with Crippen molar-refractivity contribution in [2.45, 2.75) is 57.4 Å². The number of carbonyl (C=O) groups excluding carboxylic acids is 1. The predicted octanol–water partition coefficient (Wildman–Crippen LogP) is 2.59. The van der Waals surface area contributed by atoms with E-state index in [1.807, 2.05) is 0 Å². The van der Waals surface area contributed by atoms with Crippen molar-refractivity contribution in [1.29, 1.82) is 0 Å². The van der Waals surface area contributed by atoms with Gasteiger partial charge in [0, 0.05) is 0 Å². The van der Waals surface area contributed by atoms with E-state index < -0.39 is 0 Å². The van der Waals surface area contributed by atoms with Crippen molar-refractivity contribution in [3.8, 4) is 0 Å². The molecule has 0 aromatic heterocycles. The summed E-state index contributed by atoms with van der Waals surface area (Å²) < 4.78 is 0. The van der Waals surface area contributed by atoms with E-state index in [9.17, 15) is 4.79 Å². The highest BCUT2D eigenvalue weighted by Gasteiger charge is 2.37. The number of rotatable bonds is 2. The lowest BCUT2D eigenvalue weighted by atomic mass is 9.88. The molecule has 0 radical (unpaired) electrons. The largest absolute Gasteiger partial charge is 0.305 e. The molecule has 0 spiro atoms. The number of ketones is 1. The van der Waals surface area contributed by atoms with Crippen LogP contribution in [-0.2, 0) is 4.79 Å². The van der Waals surface area contributed by atoms with Crippen LogP contribution in [0.4, 0.5) is 0 Å². The lowest BCUT2D eigenvalue weighted by Gasteiger charge is -2.23. The number of nitrogens with one attached hydrogen (secondary N) is 1. The molecule has 84 valence electrons. The molecule has 0 amide bonds. The lowest BCUT2D eigenvalue weighted by Crippen LogP contribution is -2.45. The van der Waals surface area contributed by atoms with Gasteiger partial charge in [-0.2, -0.15) is 0 Å². The van der Waals surface area contributed by atoms with Crippen LogP contribution in [0.5, 0.6) is 0 Å². The molecule has 2 rings (SSSR count). The smallest absolute Gasteiger partial charge is 0.178 e. The monoisotopic (exact) mass is 207 g/mol. The van der Waals surface area contributed by atoms with Gasteiger partial charge in [-0.1, -0.05) is 12.5 Å². The Morgan fingerprint density at radius 2 is 2.20 bits per heavy atom. The van der Waals surface area contributed by atoms with E-state index >= 15 is 0 Å². The molecule has 2 aliphatic rings. The zero-order valence-corrected chi connectivity index (χ0v) is 9.64. The van der Waals surface area contributed by atoms with Crippen LogP contribution in [0, 0.1) is 0 Å². The third-order valence-corrected chi connectivity index (χ3v) is 3.70. The summed E-state index contributed by atoms with van der Waals surface area (Å²) in [6.45, 7) is 3.06. The third-order valence-electron chi connectivity index (χ3n) is 3.70. The summed E-state index contributed by atoms with van der Waals surface area (Å²) in [4.78, 5) is 12.3. The fraction of sp³-hybridized carbons (Fsp3) is 0.769. The molecular weight excluding hydrogens is 186 g/mol. The molecule has 1 atom stereocenters. The molecule has 1 aliphatic heterocycles. The van der Waals surface area contributed by atoms with Gasteiger partial charge in [-0.15, -0.1) is 0 Å². The zero-order valence-electron chi connectivity index (χ0n) is 9.64. The summed E-state index contributed by atoms with van der Waals surface area (Å²) in [6, 6.07) is 0. The first-order valence-electron chi connectivity index (χ1n) is 6.21. The van der Waals surface area contributed by atoms with Crippen LogP contribution in [0.2, 0.25) is 0 Å². The fourth-order valence-corrected chi connectivity index (χ4v) is 2.66. The van der Waals surface area contributed by atoms with Crippen LogP contribution in [0.15, 0.2) is 11.6 Å². The molecule has 0 aromatic rings. The molecule has 0 saturated carbocycles. The SMILES string of the molecule is CC1(C(=O)C2=CCCCCC2)CCCN1. The molecule has 2 nitrogen and oxygen atoms in total. The van der Waals surface area contributed by atoms with Gasteiger partial charge in [0.2, 0.25) is 0 Å². The zero-order chi connectivity index (χ0) is 10.7. The Kier molecular flexibility index (Phi) is 3.25. The summed E-state index contributed by atoms with van der Waals surface area (Å²) in [5.41, 5.74) is 0.834. The maximum absolute atomic E-state index is 12.3. The highest BCUT2D eigenvalue weighted by atomic mass is 16.1. The Balaban J connectivity index is 2.08. The van der Waals surface area contributed by atoms with Crippen LogP contribution < -0.4 is 5.32 Å². The molecule has 1 heterocycles. The minimum atomic E-state index is -0.254. The van der Waals surface area contributed by atoms with Crippen molar-refractivity contribution in [2.24, 2.45) is 0 Å². The first kappa shape index (κ1) is 10.9. The first-order chi connectivity index (χ1) is 7.22. The Hall–Kier alpha value is -0.630. The molecule has 1 fully saturated rings. The molecular formula is C13H21NO. The van der Waals surface area contributed by atoms with E-state index in [1.165, 1.54) is 19.3 Å². The summed E-state index contributed by atoms with van der Waals surface area (Å²) >= 11 is 0. The van der Waals surface area contributed by atoms with E-state index in [2.05, 4.69) is 18.3 Å². The quantitative estimate of drug-likeness (QED) is 0.754. The van der Waals surface area contributed by atoms with E-state index in [1.54, 1.807) is 0 Å². The highest BCUT2D eigenvalue weighted by molar-refractivity contribution is 6.02. The Labute approximate surface area is 92.1 Å². The average molecular weight is 207 g/mol. The third kappa shape index (κ3) is 2.31. The molecule has 0 bridgehead atoms. The Bertz CT molecular complexity index is 274. The summed E-state index contributed by atoms with van der Waals surface area (Å²) in [5.74, 6) is 0.363. The normalized spacial score (nSPS) is 32.2. The van der Waals surface area contributed by atoms with Crippen LogP contribution in [0.3, 0.4) is 0 Å². The standard InChI is InChI=1S/C13H21NO/c1-13(9-6-10-14-13)12(15)11-7-4-2-3-5-8-11/h7,14H,2-6,8-10H2,1H3. The van der Waals surface area contributed by atoms with Crippen LogP contribution >= 0.6 is 0 Å². The second-order valence-electron chi connectivity index (χ2n) is 5.02. The van der Waals surface area contributed by atoms with Crippen molar-refractivity contribution >= 4 is 5.78 Å². The summed E-state index contributed by atoms with van der Waals surface area (Å²) in [5, 5.41) is 3.36. The van der Waals surface area contributed by atoms with Gasteiger partial charge in [0.1, 0.15) is 0 Å². The minimum absolute atomic E-state index is 0.254. The average Bonchev–Trinajstić information content (AvgIpc) is 2.54. The van der Waals surface area contributed by atoms with E-state index in [-0.39, 0.29) is 5.54 Å². The van der Waals surface area contributed by atoms with Gasteiger partial charge >= 0.3 is 0 Å². The van der Waals surface area contributed by atoms with Crippen LogP contribution in [-0.4, -0.2) is 17.9 Å². The second-order valence-corrected chi connectivity index (χ2v) is 5.02. The topological polar surface area (TPSA) is 29.1 Å². The number of carbonyl (C=O) groups is 1. The van der Waals surface area contributed by atoms with Crippen LogP contribution in [0.25, 0.3) is 0 Å². The Morgan fingerprint density at radius 1 is 1.33 bits per heavy atom. The summed E-state index contributed by atoms with van der Waals surface area (Å²) in [6.07, 6.45) is 10.1. The van der Waals surface area contributed by atoms with E-state index in [0.717, 1.165) is 37.8 Å². The van der Waals surface area contributed by atoms with Gasteiger partial charge < -0.3 is 5.32 Å². The molecule has 15 heavy (non-hydrogen) atoms. The van der Waals surface area contributed by atoms with Crippen LogP contribution in [0.1, 0.15) is 51.9 Å². The molecule has 1 N–H and O–H groups in total. The van der Waals surface area contributed by atoms with Gasteiger partial charge in [0.05, 0.1) is 5.54 Å². The number of hydrogen-bond acceptors (Lipinski definition) is 2. The second kappa shape index (κ2) is 4.48. The molecule has 2 heteroatoms. The van der Waals surface area contributed by atoms with Gasteiger partial charge in [0.15, 0.2) is 5.78 Å². The van der Waals surface area contributed by atoms with Crippen molar-refractivity contribution in [1.82, 2.24) is 5.32 Å². The molecule has 1 saturated heterocycles. The van der Waals surface area contributed by atoms with Gasteiger partial charge in [-0.05, 0) is 57.6 Å². The molecule has 1 unspecified atom stereocenters. The van der Waals surface area contributed by atoms with Gasteiger partial charge in [-0.3, -0.25) is 4.79 Å². The minimum Gasteiger partial charge on any atom is -0.305 e. The van der Waals surface area contributed by atoms with Crippen molar-refractivity contribution < 1.29 is 4.79 Å². The lowest BCUT2D eigenvalue weighted by molar-refractivity contribution is -0.120. The number of allylic oxidation sites excluding steroid dienone is 1. The maximum atomic E-state index is 12.3. The van der Waals surface area contributed by atoms with Gasteiger partial charge in [-0.25, -0.2) is 0 Å². The Morgan fingerprint density at radius 3 is 2.93 bits per heavy atom. The van der Waals surface area contributed by atoms with E-state index in [4.69, 9.17) is 0 Å². The van der Waals surface area contributed by atoms with Crippen molar-refractivity contribution in [3.63, 3.8) is 0 Å². The highest BCUT2D eigenvalue weighted by Crippen LogP contribution is 2.27. The number of Topliss-reactive ketones (excluding diaryl/α,β-unsaturated/α-hetero) is 1. The summed E-state index contributed by atoms with van der Waals surface area (Å²) in [7, 11) is 0. The van der Waals surface area contributed by atoms with Crippen molar-refractivity contribution in [2.75, 3.05) is 6.54 Å². The van der Waals surface area contributed by atoms with Gasteiger partial charge in [0.25, 0.3) is 0 Å². The predicted molar refractivity (Wildman–Crippen MR) is 61.8 cm³/mol. The number of hydrogen-bond donors (Lipinski definition) is 1. The molecule has 1 aliphatic carbocycles.